The number of phenolic OH excluding ortho intramolecular Hbond substituents is 2. The third-order valence-electron chi connectivity index (χ3n) is 3.69. The second-order valence-corrected chi connectivity index (χ2v) is 5.28. The lowest BCUT2D eigenvalue weighted by atomic mass is 9.98. The van der Waals surface area contributed by atoms with Gasteiger partial charge in [0.05, 0.1) is 6.61 Å². The van der Waals surface area contributed by atoms with Gasteiger partial charge in [0, 0.05) is 6.54 Å². The van der Waals surface area contributed by atoms with Gasteiger partial charge in [0.15, 0.2) is 11.5 Å². The Kier molecular flexibility index (Phi) is 5.57. The quantitative estimate of drug-likeness (QED) is 0.310. The highest BCUT2D eigenvalue weighted by atomic mass is 16.6. The number of phenols is 2. The van der Waals surface area contributed by atoms with Crippen molar-refractivity contribution in [1.82, 2.24) is 5.32 Å². The molecule has 124 valence electrons. The van der Waals surface area contributed by atoms with Crippen LogP contribution in [0.15, 0.2) is 18.2 Å². The summed E-state index contributed by atoms with van der Waals surface area (Å²) in [6, 6.07) is 4.44. The maximum atomic E-state index is 9.85. The normalized spacial score (nSPS) is 32.1. The number of aromatic hydroxyl groups is 2. The van der Waals surface area contributed by atoms with Crippen molar-refractivity contribution in [1.29, 1.82) is 0 Å². The van der Waals surface area contributed by atoms with Crippen molar-refractivity contribution < 1.29 is 35.4 Å². The van der Waals surface area contributed by atoms with Gasteiger partial charge in [0.25, 0.3) is 0 Å². The van der Waals surface area contributed by atoms with E-state index in [-0.39, 0.29) is 11.5 Å². The Labute approximate surface area is 127 Å². The molecule has 0 radical (unpaired) electrons. The zero-order valence-corrected chi connectivity index (χ0v) is 11.8. The molecule has 8 nitrogen and oxygen atoms in total. The van der Waals surface area contributed by atoms with Crippen LogP contribution in [0.2, 0.25) is 0 Å². The molecule has 1 aromatic carbocycles. The van der Waals surface area contributed by atoms with E-state index in [1.165, 1.54) is 12.1 Å². The first-order valence-electron chi connectivity index (χ1n) is 6.98. The molecule has 0 saturated carbocycles. The van der Waals surface area contributed by atoms with Gasteiger partial charge >= 0.3 is 0 Å². The number of benzene rings is 1. The Bertz CT molecular complexity index is 496. The maximum absolute atomic E-state index is 9.85. The van der Waals surface area contributed by atoms with Crippen molar-refractivity contribution in [2.45, 2.75) is 37.1 Å². The van der Waals surface area contributed by atoms with Gasteiger partial charge in [-0.15, -0.1) is 0 Å². The van der Waals surface area contributed by atoms with Crippen molar-refractivity contribution in [2.75, 3.05) is 13.2 Å². The van der Waals surface area contributed by atoms with Crippen LogP contribution < -0.4 is 5.32 Å². The van der Waals surface area contributed by atoms with Gasteiger partial charge in [0.2, 0.25) is 0 Å². The fourth-order valence-corrected chi connectivity index (χ4v) is 2.35. The van der Waals surface area contributed by atoms with Crippen molar-refractivity contribution in [3.05, 3.63) is 23.8 Å². The van der Waals surface area contributed by atoms with E-state index in [9.17, 15) is 25.5 Å². The van der Waals surface area contributed by atoms with Gasteiger partial charge in [-0.3, -0.25) is 5.32 Å². The largest absolute Gasteiger partial charge is 0.504 e. The lowest BCUT2D eigenvalue weighted by molar-refractivity contribution is -0.236. The minimum absolute atomic E-state index is 0.203. The SMILES string of the molecule is OC[C@H]1O[C@@H](NCCc2ccc(O)c(O)c2)[C@H](O)[C@@H](O)[C@H]1O. The smallest absolute Gasteiger partial charge is 0.157 e. The van der Waals surface area contributed by atoms with Crippen LogP contribution in [0.5, 0.6) is 11.5 Å². The molecule has 0 spiro atoms. The van der Waals surface area contributed by atoms with E-state index in [2.05, 4.69) is 5.32 Å². The Hall–Kier alpha value is -1.42. The minimum atomic E-state index is -1.42. The fourth-order valence-electron chi connectivity index (χ4n) is 2.35. The Morgan fingerprint density at radius 3 is 2.36 bits per heavy atom. The minimum Gasteiger partial charge on any atom is -0.504 e. The summed E-state index contributed by atoms with van der Waals surface area (Å²) in [5.41, 5.74) is 0.757. The van der Waals surface area contributed by atoms with Crippen LogP contribution in [-0.2, 0) is 11.2 Å². The second-order valence-electron chi connectivity index (χ2n) is 5.28. The van der Waals surface area contributed by atoms with Crippen molar-refractivity contribution in [3.8, 4) is 11.5 Å². The molecule has 5 atom stereocenters. The molecule has 0 aromatic heterocycles. The van der Waals surface area contributed by atoms with Gasteiger partial charge in [0.1, 0.15) is 30.6 Å². The lowest BCUT2D eigenvalue weighted by Crippen LogP contribution is -2.62. The highest BCUT2D eigenvalue weighted by molar-refractivity contribution is 5.40. The number of hydrogen-bond acceptors (Lipinski definition) is 8. The number of nitrogens with one attached hydrogen (secondary N) is 1. The molecule has 1 heterocycles. The number of rotatable bonds is 5. The average Bonchev–Trinajstić information content (AvgIpc) is 2.51. The lowest BCUT2D eigenvalue weighted by Gasteiger charge is -2.40. The van der Waals surface area contributed by atoms with Gasteiger partial charge < -0.3 is 35.4 Å². The van der Waals surface area contributed by atoms with Gasteiger partial charge in [-0.05, 0) is 24.1 Å². The summed E-state index contributed by atoms with van der Waals surface area (Å²) in [5, 5.41) is 59.7. The van der Waals surface area contributed by atoms with E-state index in [0.29, 0.717) is 13.0 Å². The molecular formula is C14H21NO7. The summed E-state index contributed by atoms with van der Waals surface area (Å²) < 4.78 is 5.30. The van der Waals surface area contributed by atoms with Crippen LogP contribution in [0, 0.1) is 0 Å². The van der Waals surface area contributed by atoms with Crippen molar-refractivity contribution >= 4 is 0 Å². The summed E-state index contributed by atoms with van der Waals surface area (Å²) in [5.74, 6) is -0.420. The molecule has 2 rings (SSSR count). The molecule has 1 saturated heterocycles. The molecule has 0 aliphatic carbocycles. The predicted molar refractivity (Wildman–Crippen MR) is 75.2 cm³/mol. The molecule has 1 aliphatic rings. The summed E-state index contributed by atoms with van der Waals surface area (Å²) in [4.78, 5) is 0. The molecule has 1 aromatic rings. The van der Waals surface area contributed by atoms with Crippen LogP contribution >= 0.6 is 0 Å². The van der Waals surface area contributed by atoms with Crippen LogP contribution in [0.3, 0.4) is 0 Å². The standard InChI is InChI=1S/C14H21NO7/c16-6-10-11(19)12(20)13(21)14(22-10)15-4-3-7-1-2-8(17)9(18)5-7/h1-2,5,10-21H,3-4,6H2/t10-,11+,12+,13-,14-/m1/s1. The van der Waals surface area contributed by atoms with Gasteiger partial charge in [-0.25, -0.2) is 0 Å². The molecule has 0 amide bonds. The summed E-state index contributed by atoms with van der Waals surface area (Å²) in [7, 11) is 0. The molecule has 0 bridgehead atoms. The molecule has 8 heteroatoms. The number of ether oxygens (including phenoxy) is 1. The predicted octanol–water partition coefficient (Wildman–Crippen LogP) is -1.97. The van der Waals surface area contributed by atoms with Crippen molar-refractivity contribution in [2.24, 2.45) is 0 Å². The van der Waals surface area contributed by atoms with Crippen LogP contribution in [0.25, 0.3) is 0 Å². The topological polar surface area (TPSA) is 143 Å². The van der Waals surface area contributed by atoms with Gasteiger partial charge in [-0.2, -0.15) is 0 Å². The summed E-state index contributed by atoms with van der Waals surface area (Å²) in [6.07, 6.45) is -5.53. The Balaban J connectivity index is 1.88. The third-order valence-corrected chi connectivity index (χ3v) is 3.69. The fraction of sp³-hybridized carbons (Fsp3) is 0.571. The summed E-state index contributed by atoms with van der Waals surface area (Å²) >= 11 is 0. The highest BCUT2D eigenvalue weighted by Gasteiger charge is 2.43. The second kappa shape index (κ2) is 7.23. The van der Waals surface area contributed by atoms with E-state index < -0.39 is 37.3 Å². The first-order chi connectivity index (χ1) is 10.4. The molecule has 1 aliphatic heterocycles. The zero-order chi connectivity index (χ0) is 16.3. The number of aliphatic hydroxyl groups excluding tert-OH is 4. The monoisotopic (exact) mass is 315 g/mol. The van der Waals surface area contributed by atoms with Crippen LogP contribution in [0.4, 0.5) is 0 Å². The zero-order valence-electron chi connectivity index (χ0n) is 11.8. The molecule has 7 N–H and O–H groups in total. The summed E-state index contributed by atoms with van der Waals surface area (Å²) in [6.45, 7) is -0.123. The Morgan fingerprint density at radius 2 is 1.73 bits per heavy atom. The van der Waals surface area contributed by atoms with E-state index >= 15 is 0 Å². The van der Waals surface area contributed by atoms with Gasteiger partial charge in [-0.1, -0.05) is 6.07 Å². The van der Waals surface area contributed by atoms with E-state index in [1.54, 1.807) is 6.07 Å². The number of hydrogen-bond donors (Lipinski definition) is 7. The molecule has 1 fully saturated rings. The third kappa shape index (κ3) is 3.67. The van der Waals surface area contributed by atoms with E-state index in [0.717, 1.165) is 5.56 Å². The molecule has 22 heavy (non-hydrogen) atoms. The van der Waals surface area contributed by atoms with Crippen LogP contribution in [-0.4, -0.2) is 74.4 Å². The Morgan fingerprint density at radius 1 is 1.00 bits per heavy atom. The first-order valence-corrected chi connectivity index (χ1v) is 6.98. The maximum Gasteiger partial charge on any atom is 0.157 e. The first kappa shape index (κ1) is 16.9. The molecular weight excluding hydrogens is 294 g/mol. The van der Waals surface area contributed by atoms with Crippen molar-refractivity contribution in [3.63, 3.8) is 0 Å². The number of aliphatic hydroxyl groups is 4. The molecule has 0 unspecified atom stereocenters. The van der Waals surface area contributed by atoms with E-state index in [1.807, 2.05) is 0 Å². The average molecular weight is 315 g/mol. The highest BCUT2D eigenvalue weighted by Crippen LogP contribution is 2.25. The van der Waals surface area contributed by atoms with Crippen LogP contribution in [0.1, 0.15) is 5.56 Å². The van der Waals surface area contributed by atoms with E-state index in [4.69, 9.17) is 9.84 Å².